The molecule has 2 aliphatic rings. The molecule has 0 atom stereocenters. The second-order valence-corrected chi connectivity index (χ2v) is 4.90. The van der Waals surface area contributed by atoms with Gasteiger partial charge in [-0.3, -0.25) is 0 Å². The van der Waals surface area contributed by atoms with Crippen LogP contribution in [0.2, 0.25) is 0 Å². The van der Waals surface area contributed by atoms with Crippen molar-refractivity contribution in [3.8, 4) is 0 Å². The SMILES string of the molecule is [C]1=C(/C2=C/CCCCCC2)CCCCC1. The first-order chi connectivity index (χ1) is 7.47. The summed E-state index contributed by atoms with van der Waals surface area (Å²) < 4.78 is 0. The molecule has 0 saturated carbocycles. The van der Waals surface area contributed by atoms with E-state index in [0.29, 0.717) is 0 Å². The zero-order chi connectivity index (χ0) is 10.3. The van der Waals surface area contributed by atoms with Gasteiger partial charge in [-0.05, 0) is 68.6 Å². The first kappa shape index (κ1) is 11.0. The highest BCUT2D eigenvalue weighted by atomic mass is 14.1. The van der Waals surface area contributed by atoms with E-state index in [-0.39, 0.29) is 0 Å². The molecule has 0 fully saturated rings. The Balaban J connectivity index is 2.02. The quantitative estimate of drug-likeness (QED) is 0.565. The van der Waals surface area contributed by atoms with E-state index in [1.165, 1.54) is 70.6 Å². The van der Waals surface area contributed by atoms with Crippen molar-refractivity contribution in [3.05, 3.63) is 23.3 Å². The molecule has 0 unspecified atom stereocenters. The van der Waals surface area contributed by atoms with Gasteiger partial charge < -0.3 is 0 Å². The molecule has 0 N–H and O–H groups in total. The Morgan fingerprint density at radius 3 is 2.60 bits per heavy atom. The number of hydrogen-bond acceptors (Lipinski definition) is 0. The van der Waals surface area contributed by atoms with Crippen LogP contribution in [0.4, 0.5) is 0 Å². The minimum absolute atomic E-state index is 1.20. The molecule has 0 heterocycles. The van der Waals surface area contributed by atoms with Crippen LogP contribution in [0.3, 0.4) is 0 Å². The molecule has 1 radical (unpaired) electrons. The van der Waals surface area contributed by atoms with Crippen molar-refractivity contribution < 1.29 is 0 Å². The number of allylic oxidation sites excluding steroid dienone is 4. The van der Waals surface area contributed by atoms with Gasteiger partial charge in [0.2, 0.25) is 0 Å². The number of rotatable bonds is 1. The van der Waals surface area contributed by atoms with Gasteiger partial charge in [-0.2, -0.15) is 0 Å². The average molecular weight is 203 g/mol. The molecule has 0 heteroatoms. The Morgan fingerprint density at radius 2 is 1.60 bits per heavy atom. The van der Waals surface area contributed by atoms with Crippen molar-refractivity contribution in [1.29, 1.82) is 0 Å². The van der Waals surface area contributed by atoms with E-state index >= 15 is 0 Å². The van der Waals surface area contributed by atoms with Crippen LogP contribution < -0.4 is 0 Å². The summed E-state index contributed by atoms with van der Waals surface area (Å²) in [4.78, 5) is 0. The van der Waals surface area contributed by atoms with Crippen molar-refractivity contribution in [3.63, 3.8) is 0 Å². The van der Waals surface area contributed by atoms with Gasteiger partial charge in [0, 0.05) is 0 Å². The lowest BCUT2D eigenvalue weighted by molar-refractivity contribution is 0.623. The highest BCUT2D eigenvalue weighted by molar-refractivity contribution is 5.29. The smallest absolute Gasteiger partial charge is 0.0273 e. The van der Waals surface area contributed by atoms with Gasteiger partial charge in [0.25, 0.3) is 0 Å². The van der Waals surface area contributed by atoms with Crippen LogP contribution in [0, 0.1) is 6.08 Å². The standard InChI is InChI=1S/C15H23/c1-2-6-10-14(11-7-3-1)15-12-8-4-5-9-13-15/h10H,1-9,11-12H2/b14-10+. The molecule has 15 heavy (non-hydrogen) atoms. The zero-order valence-electron chi connectivity index (χ0n) is 9.86. The van der Waals surface area contributed by atoms with Gasteiger partial charge in [-0.1, -0.05) is 25.3 Å². The predicted molar refractivity (Wildman–Crippen MR) is 65.6 cm³/mol. The third-order valence-electron chi connectivity index (χ3n) is 3.62. The van der Waals surface area contributed by atoms with E-state index < -0.39 is 0 Å². The van der Waals surface area contributed by atoms with Gasteiger partial charge >= 0.3 is 0 Å². The average Bonchev–Trinajstić information content (AvgIpc) is 2.45. The highest BCUT2D eigenvalue weighted by Crippen LogP contribution is 2.28. The van der Waals surface area contributed by atoms with Crippen LogP contribution in [0.5, 0.6) is 0 Å². The van der Waals surface area contributed by atoms with E-state index in [9.17, 15) is 0 Å². The molecule has 0 aromatic heterocycles. The lowest BCUT2D eigenvalue weighted by Crippen LogP contribution is -1.94. The molecule has 2 aliphatic carbocycles. The van der Waals surface area contributed by atoms with E-state index in [2.05, 4.69) is 12.2 Å². The zero-order valence-corrected chi connectivity index (χ0v) is 9.86. The summed E-state index contributed by atoms with van der Waals surface area (Å²) in [7, 11) is 0. The summed E-state index contributed by atoms with van der Waals surface area (Å²) in [6.45, 7) is 0. The van der Waals surface area contributed by atoms with E-state index in [4.69, 9.17) is 0 Å². The molecule has 0 amide bonds. The van der Waals surface area contributed by atoms with E-state index in [1.54, 1.807) is 11.1 Å². The van der Waals surface area contributed by atoms with E-state index in [1.807, 2.05) is 0 Å². The van der Waals surface area contributed by atoms with Gasteiger partial charge in [-0.25, -0.2) is 0 Å². The predicted octanol–water partition coefficient (Wildman–Crippen LogP) is 4.96. The van der Waals surface area contributed by atoms with Gasteiger partial charge in [0.15, 0.2) is 0 Å². The summed E-state index contributed by atoms with van der Waals surface area (Å²) in [5, 5.41) is 0. The minimum Gasteiger partial charge on any atom is -0.0810 e. The monoisotopic (exact) mass is 203 g/mol. The fourth-order valence-electron chi connectivity index (χ4n) is 2.67. The van der Waals surface area contributed by atoms with Gasteiger partial charge in [0.05, 0.1) is 0 Å². The molecule has 0 aromatic carbocycles. The molecule has 0 saturated heterocycles. The third kappa shape index (κ3) is 3.52. The van der Waals surface area contributed by atoms with E-state index in [0.717, 1.165) is 0 Å². The highest BCUT2D eigenvalue weighted by Gasteiger charge is 2.09. The van der Waals surface area contributed by atoms with Gasteiger partial charge in [0.1, 0.15) is 0 Å². The Hall–Kier alpha value is -0.520. The second-order valence-electron chi connectivity index (χ2n) is 4.90. The molecule has 83 valence electrons. The van der Waals surface area contributed by atoms with Crippen molar-refractivity contribution in [2.24, 2.45) is 0 Å². The minimum atomic E-state index is 1.20. The molecular weight excluding hydrogens is 180 g/mol. The lowest BCUT2D eigenvalue weighted by atomic mass is 9.92. The maximum atomic E-state index is 3.65. The van der Waals surface area contributed by atoms with Gasteiger partial charge in [-0.15, -0.1) is 0 Å². The Morgan fingerprint density at radius 1 is 0.800 bits per heavy atom. The maximum absolute atomic E-state index is 3.65. The Kier molecular flexibility index (Phi) is 4.50. The van der Waals surface area contributed by atoms with Crippen LogP contribution in [-0.4, -0.2) is 0 Å². The van der Waals surface area contributed by atoms with Crippen LogP contribution >= 0.6 is 0 Å². The van der Waals surface area contributed by atoms with Crippen molar-refractivity contribution in [2.75, 3.05) is 0 Å². The second kappa shape index (κ2) is 6.15. The van der Waals surface area contributed by atoms with Crippen LogP contribution in [0.1, 0.15) is 70.6 Å². The van der Waals surface area contributed by atoms with Crippen molar-refractivity contribution in [1.82, 2.24) is 0 Å². The number of hydrogen-bond donors (Lipinski definition) is 0. The molecule has 2 rings (SSSR count). The summed E-state index contributed by atoms with van der Waals surface area (Å²) >= 11 is 0. The lowest BCUT2D eigenvalue weighted by Gasteiger charge is -2.13. The first-order valence-corrected chi connectivity index (χ1v) is 6.76. The fourth-order valence-corrected chi connectivity index (χ4v) is 2.67. The maximum Gasteiger partial charge on any atom is -0.0273 e. The summed E-state index contributed by atoms with van der Waals surface area (Å²) in [6, 6.07) is 0. The summed E-state index contributed by atoms with van der Waals surface area (Å²) in [5.74, 6) is 0. The first-order valence-electron chi connectivity index (χ1n) is 6.76. The van der Waals surface area contributed by atoms with Crippen LogP contribution in [0.25, 0.3) is 0 Å². The molecule has 0 aliphatic heterocycles. The Labute approximate surface area is 94.5 Å². The van der Waals surface area contributed by atoms with Crippen molar-refractivity contribution in [2.45, 2.75) is 70.6 Å². The van der Waals surface area contributed by atoms with Crippen molar-refractivity contribution >= 4 is 0 Å². The third-order valence-corrected chi connectivity index (χ3v) is 3.62. The fraction of sp³-hybridized carbons (Fsp3) is 0.733. The molecule has 0 bridgehead atoms. The normalized spacial score (nSPS) is 28.0. The molecule has 0 nitrogen and oxygen atoms in total. The Bertz CT molecular complexity index is 245. The summed E-state index contributed by atoms with van der Waals surface area (Å²) in [5.41, 5.74) is 3.23. The van der Waals surface area contributed by atoms with Crippen LogP contribution in [-0.2, 0) is 0 Å². The molecule has 0 aromatic rings. The molecule has 0 spiro atoms. The van der Waals surface area contributed by atoms with Crippen LogP contribution in [0.15, 0.2) is 17.2 Å². The molecular formula is C15H23. The summed E-state index contributed by atoms with van der Waals surface area (Å²) in [6.07, 6.45) is 21.1. The topological polar surface area (TPSA) is 0 Å². The largest absolute Gasteiger partial charge is 0.0810 e.